The second-order valence-corrected chi connectivity index (χ2v) is 6.23. The van der Waals surface area contributed by atoms with E-state index in [2.05, 4.69) is 27.3 Å². The first-order valence-electron chi connectivity index (χ1n) is 7.99. The number of nitrogens with zero attached hydrogens (tertiary/aromatic N) is 2. The van der Waals surface area contributed by atoms with E-state index < -0.39 is 11.7 Å². The number of benzene rings is 1. The number of halogens is 3. The van der Waals surface area contributed by atoms with E-state index in [1.807, 2.05) is 18.2 Å². The summed E-state index contributed by atoms with van der Waals surface area (Å²) in [5, 5.41) is 3.16. The molecule has 2 heterocycles. The van der Waals surface area contributed by atoms with Crippen LogP contribution in [0.1, 0.15) is 23.2 Å². The van der Waals surface area contributed by atoms with Crippen molar-refractivity contribution < 1.29 is 13.2 Å². The van der Waals surface area contributed by atoms with E-state index in [-0.39, 0.29) is 6.04 Å². The molecule has 1 aromatic carbocycles. The molecule has 128 valence electrons. The molecule has 1 fully saturated rings. The molecule has 3 nitrogen and oxygen atoms in total. The molecular weight excluding hydrogens is 315 g/mol. The van der Waals surface area contributed by atoms with Crippen LogP contribution in [0.5, 0.6) is 0 Å². The van der Waals surface area contributed by atoms with E-state index in [9.17, 15) is 13.2 Å². The maximum Gasteiger partial charge on any atom is 0.416 e. The number of likely N-dealkylation sites (tertiary alicyclic amines) is 1. The van der Waals surface area contributed by atoms with Crippen LogP contribution in [0.2, 0.25) is 0 Å². The number of aryl methyl sites for hydroxylation is 1. The zero-order valence-corrected chi connectivity index (χ0v) is 13.5. The van der Waals surface area contributed by atoms with Gasteiger partial charge in [-0.05, 0) is 31.0 Å². The van der Waals surface area contributed by atoms with Crippen LogP contribution >= 0.6 is 0 Å². The van der Waals surface area contributed by atoms with Gasteiger partial charge in [-0.3, -0.25) is 4.90 Å². The summed E-state index contributed by atoms with van der Waals surface area (Å²) in [6, 6.07) is 12.4. The number of aromatic nitrogens is 1. The van der Waals surface area contributed by atoms with Crippen molar-refractivity contribution in [3.05, 3.63) is 59.3 Å². The molecule has 1 saturated heterocycles. The molecule has 3 rings (SSSR count). The first kappa shape index (κ1) is 16.8. The van der Waals surface area contributed by atoms with Gasteiger partial charge in [0.15, 0.2) is 0 Å². The van der Waals surface area contributed by atoms with Crippen molar-refractivity contribution in [3.63, 3.8) is 0 Å². The van der Waals surface area contributed by atoms with E-state index in [0.717, 1.165) is 38.2 Å². The standard InChI is InChI=1S/C18H20F3N3/c1-13-9-15(18(19,20)21)10-17(22-13)23-16-7-8-24(12-16)11-14-5-3-2-4-6-14/h2-6,9-10,16H,7-8,11-12H2,1H3,(H,22,23)/t16-/m0/s1. The summed E-state index contributed by atoms with van der Waals surface area (Å²) in [6.07, 6.45) is -3.46. The lowest BCUT2D eigenvalue weighted by atomic mass is 10.2. The van der Waals surface area contributed by atoms with Crippen molar-refractivity contribution in [2.75, 3.05) is 18.4 Å². The highest BCUT2D eigenvalue weighted by molar-refractivity contribution is 5.41. The fourth-order valence-corrected chi connectivity index (χ4v) is 3.05. The number of hydrogen-bond acceptors (Lipinski definition) is 3. The minimum absolute atomic E-state index is 0.115. The molecule has 2 aromatic rings. The summed E-state index contributed by atoms with van der Waals surface area (Å²) < 4.78 is 38.7. The summed E-state index contributed by atoms with van der Waals surface area (Å²) >= 11 is 0. The van der Waals surface area contributed by atoms with Gasteiger partial charge in [-0.15, -0.1) is 0 Å². The molecule has 0 bridgehead atoms. The van der Waals surface area contributed by atoms with E-state index in [1.165, 1.54) is 5.56 Å². The number of rotatable bonds is 4. The Morgan fingerprint density at radius 3 is 2.67 bits per heavy atom. The Hall–Kier alpha value is -2.08. The molecule has 0 amide bonds. The first-order chi connectivity index (χ1) is 11.4. The normalized spacial score (nSPS) is 18.8. The van der Waals surface area contributed by atoms with E-state index in [1.54, 1.807) is 6.92 Å². The van der Waals surface area contributed by atoms with Gasteiger partial charge in [0.05, 0.1) is 5.56 Å². The zero-order chi connectivity index (χ0) is 17.2. The fraction of sp³-hybridized carbons (Fsp3) is 0.389. The van der Waals surface area contributed by atoms with Gasteiger partial charge in [-0.25, -0.2) is 4.98 Å². The molecule has 0 radical (unpaired) electrons. The summed E-state index contributed by atoms with van der Waals surface area (Å²) in [5.74, 6) is 0.300. The molecule has 0 aliphatic carbocycles. The lowest BCUT2D eigenvalue weighted by Gasteiger charge is -2.18. The van der Waals surface area contributed by atoms with E-state index >= 15 is 0 Å². The summed E-state index contributed by atoms with van der Waals surface area (Å²) in [7, 11) is 0. The van der Waals surface area contributed by atoms with E-state index in [0.29, 0.717) is 11.5 Å². The molecule has 6 heteroatoms. The van der Waals surface area contributed by atoms with Crippen LogP contribution in [-0.2, 0) is 12.7 Å². The Morgan fingerprint density at radius 1 is 1.21 bits per heavy atom. The number of nitrogens with one attached hydrogen (secondary N) is 1. The van der Waals surface area contributed by atoms with Crippen LogP contribution in [0.3, 0.4) is 0 Å². The van der Waals surface area contributed by atoms with Crippen molar-refractivity contribution in [3.8, 4) is 0 Å². The SMILES string of the molecule is Cc1cc(C(F)(F)F)cc(N[C@H]2CCN(Cc3ccccc3)C2)n1. The van der Waals surface area contributed by atoms with Crippen molar-refractivity contribution >= 4 is 5.82 Å². The molecule has 1 N–H and O–H groups in total. The number of hydrogen-bond donors (Lipinski definition) is 1. The Morgan fingerprint density at radius 2 is 1.96 bits per heavy atom. The van der Waals surface area contributed by atoms with Crippen molar-refractivity contribution in [1.82, 2.24) is 9.88 Å². The molecule has 1 aliphatic heterocycles. The van der Waals surface area contributed by atoms with Crippen molar-refractivity contribution in [2.24, 2.45) is 0 Å². The molecule has 1 aliphatic rings. The molecule has 0 spiro atoms. The van der Waals surface area contributed by atoms with E-state index in [4.69, 9.17) is 0 Å². The highest BCUT2D eigenvalue weighted by Crippen LogP contribution is 2.31. The number of anilines is 1. The second-order valence-electron chi connectivity index (χ2n) is 6.23. The van der Waals surface area contributed by atoms with Gasteiger partial charge in [0.1, 0.15) is 5.82 Å². The highest BCUT2D eigenvalue weighted by Gasteiger charge is 2.31. The lowest BCUT2D eigenvalue weighted by Crippen LogP contribution is -2.26. The maximum atomic E-state index is 12.9. The minimum Gasteiger partial charge on any atom is -0.366 e. The number of alkyl halides is 3. The summed E-state index contributed by atoms with van der Waals surface area (Å²) in [4.78, 5) is 6.49. The molecule has 1 aromatic heterocycles. The van der Waals surface area contributed by atoms with Gasteiger partial charge >= 0.3 is 6.18 Å². The van der Waals surface area contributed by atoms with Crippen molar-refractivity contribution in [2.45, 2.75) is 32.1 Å². The Kier molecular flexibility index (Phi) is 4.76. The maximum absolute atomic E-state index is 12.9. The van der Waals surface area contributed by atoms with Crippen LogP contribution < -0.4 is 5.32 Å². The van der Waals surface area contributed by atoms with Crippen LogP contribution in [-0.4, -0.2) is 29.0 Å². The first-order valence-corrected chi connectivity index (χ1v) is 7.99. The smallest absolute Gasteiger partial charge is 0.366 e. The topological polar surface area (TPSA) is 28.2 Å². The van der Waals surface area contributed by atoms with Gasteiger partial charge in [0, 0.05) is 31.4 Å². The Bertz CT molecular complexity index is 686. The highest BCUT2D eigenvalue weighted by atomic mass is 19.4. The van der Waals surface area contributed by atoms with Gasteiger partial charge in [-0.1, -0.05) is 30.3 Å². The lowest BCUT2D eigenvalue weighted by molar-refractivity contribution is -0.137. The third-order valence-corrected chi connectivity index (χ3v) is 4.15. The summed E-state index contributed by atoms with van der Waals surface area (Å²) in [6.45, 7) is 4.15. The van der Waals surface area contributed by atoms with Crippen LogP contribution in [0.15, 0.2) is 42.5 Å². The average molecular weight is 335 g/mol. The Labute approximate surface area is 139 Å². The fourth-order valence-electron chi connectivity index (χ4n) is 3.05. The molecule has 0 unspecified atom stereocenters. The second kappa shape index (κ2) is 6.81. The van der Waals surface area contributed by atoms with Gasteiger partial charge in [0.25, 0.3) is 0 Å². The Balaban J connectivity index is 1.62. The van der Waals surface area contributed by atoms with Gasteiger partial charge in [0.2, 0.25) is 0 Å². The quantitative estimate of drug-likeness (QED) is 0.912. The predicted octanol–water partition coefficient (Wildman–Crippen LogP) is 4.10. The van der Waals surface area contributed by atoms with Crippen LogP contribution in [0.4, 0.5) is 19.0 Å². The van der Waals surface area contributed by atoms with Gasteiger partial charge in [-0.2, -0.15) is 13.2 Å². The van der Waals surface area contributed by atoms with Crippen LogP contribution in [0, 0.1) is 6.92 Å². The van der Waals surface area contributed by atoms with Gasteiger partial charge < -0.3 is 5.32 Å². The molecule has 24 heavy (non-hydrogen) atoms. The summed E-state index contributed by atoms with van der Waals surface area (Å²) in [5.41, 5.74) is 0.953. The zero-order valence-electron chi connectivity index (χ0n) is 13.5. The minimum atomic E-state index is -4.35. The molecule has 0 saturated carbocycles. The van der Waals surface area contributed by atoms with Crippen LogP contribution in [0.25, 0.3) is 0 Å². The molecular formula is C18H20F3N3. The third-order valence-electron chi connectivity index (χ3n) is 4.15. The predicted molar refractivity (Wildman–Crippen MR) is 87.7 cm³/mol. The van der Waals surface area contributed by atoms with Crippen molar-refractivity contribution in [1.29, 1.82) is 0 Å². The average Bonchev–Trinajstić information content (AvgIpc) is 2.94. The molecule has 1 atom stereocenters. The third kappa shape index (κ3) is 4.26. The largest absolute Gasteiger partial charge is 0.416 e. The number of pyridine rings is 1. The monoisotopic (exact) mass is 335 g/mol.